The Balaban J connectivity index is 2.71. The molecule has 0 aliphatic rings. The van der Waals surface area contributed by atoms with E-state index in [-0.39, 0.29) is 18.2 Å². The topological polar surface area (TPSA) is 75.4 Å². The van der Waals surface area contributed by atoms with Gasteiger partial charge in [-0.25, -0.2) is 0 Å². The van der Waals surface area contributed by atoms with Crippen LogP contribution < -0.4 is 11.1 Å². The number of carbonyl (C=O) groups is 2. The van der Waals surface area contributed by atoms with Crippen molar-refractivity contribution in [2.24, 2.45) is 0 Å². The predicted molar refractivity (Wildman–Crippen MR) is 74.2 cm³/mol. The lowest BCUT2D eigenvalue weighted by Gasteiger charge is -2.17. The van der Waals surface area contributed by atoms with Gasteiger partial charge in [-0.15, -0.1) is 0 Å². The standard InChI is InChI=1S/C12H16BrN3O2/c1-15-11(17)3-4-16(2)12(18)8-5-9(13)7-10(14)6-8/h5-7H,3-4,14H2,1-2H3,(H,15,17). The molecule has 2 amide bonds. The molecule has 0 spiro atoms. The summed E-state index contributed by atoms with van der Waals surface area (Å²) in [5, 5.41) is 2.51. The fraction of sp³-hybridized carbons (Fsp3) is 0.333. The number of hydrogen-bond donors (Lipinski definition) is 2. The minimum absolute atomic E-state index is 0.0941. The van der Waals surface area contributed by atoms with Gasteiger partial charge >= 0.3 is 0 Å². The largest absolute Gasteiger partial charge is 0.399 e. The van der Waals surface area contributed by atoms with Crippen LogP contribution in [-0.2, 0) is 4.79 Å². The van der Waals surface area contributed by atoms with Crippen LogP contribution in [0.1, 0.15) is 16.8 Å². The Morgan fingerprint density at radius 2 is 2.06 bits per heavy atom. The van der Waals surface area contributed by atoms with E-state index in [1.165, 1.54) is 4.90 Å². The molecule has 18 heavy (non-hydrogen) atoms. The van der Waals surface area contributed by atoms with Gasteiger partial charge in [0.2, 0.25) is 5.91 Å². The van der Waals surface area contributed by atoms with E-state index in [2.05, 4.69) is 21.2 Å². The van der Waals surface area contributed by atoms with Gasteiger partial charge in [0, 0.05) is 42.8 Å². The van der Waals surface area contributed by atoms with Crippen molar-refractivity contribution >= 4 is 33.4 Å². The number of nitrogen functional groups attached to an aromatic ring is 1. The van der Waals surface area contributed by atoms with Crippen molar-refractivity contribution in [2.45, 2.75) is 6.42 Å². The molecule has 6 heteroatoms. The number of nitrogens with two attached hydrogens (primary N) is 1. The van der Waals surface area contributed by atoms with Gasteiger partial charge in [0.25, 0.3) is 5.91 Å². The van der Waals surface area contributed by atoms with Crippen LogP contribution in [0.2, 0.25) is 0 Å². The van der Waals surface area contributed by atoms with E-state index in [0.29, 0.717) is 17.8 Å². The van der Waals surface area contributed by atoms with Gasteiger partial charge < -0.3 is 16.0 Å². The van der Waals surface area contributed by atoms with Crippen LogP contribution in [-0.4, -0.2) is 37.4 Å². The summed E-state index contributed by atoms with van der Waals surface area (Å²) in [5.74, 6) is -0.254. The number of hydrogen-bond acceptors (Lipinski definition) is 3. The molecule has 0 unspecified atom stereocenters. The minimum Gasteiger partial charge on any atom is -0.399 e. The SMILES string of the molecule is CNC(=O)CCN(C)C(=O)c1cc(N)cc(Br)c1. The highest BCUT2D eigenvalue weighted by Gasteiger charge is 2.13. The maximum absolute atomic E-state index is 12.1. The zero-order chi connectivity index (χ0) is 13.7. The molecule has 0 aliphatic heterocycles. The van der Waals surface area contributed by atoms with Crippen molar-refractivity contribution in [2.75, 3.05) is 26.4 Å². The summed E-state index contributed by atoms with van der Waals surface area (Å²) < 4.78 is 0.755. The number of anilines is 1. The maximum atomic E-state index is 12.1. The Morgan fingerprint density at radius 1 is 1.39 bits per heavy atom. The highest BCUT2D eigenvalue weighted by atomic mass is 79.9. The number of halogens is 1. The Kier molecular flexibility index (Phi) is 5.15. The molecule has 98 valence electrons. The first kappa shape index (κ1) is 14.5. The zero-order valence-electron chi connectivity index (χ0n) is 10.4. The maximum Gasteiger partial charge on any atom is 0.253 e. The van der Waals surface area contributed by atoms with Crippen LogP contribution in [0.5, 0.6) is 0 Å². The Bertz CT molecular complexity index is 442. The third-order valence-electron chi connectivity index (χ3n) is 2.47. The summed E-state index contributed by atoms with van der Waals surface area (Å²) in [4.78, 5) is 24.7. The van der Waals surface area contributed by atoms with Crippen LogP contribution in [0.3, 0.4) is 0 Å². The van der Waals surface area contributed by atoms with E-state index >= 15 is 0 Å². The first-order valence-corrected chi connectivity index (χ1v) is 6.25. The summed E-state index contributed by atoms with van der Waals surface area (Å²) in [5.41, 5.74) is 6.70. The average Bonchev–Trinajstić information content (AvgIpc) is 2.33. The van der Waals surface area contributed by atoms with E-state index in [4.69, 9.17) is 5.73 Å². The second-order valence-electron chi connectivity index (χ2n) is 3.92. The Morgan fingerprint density at radius 3 is 2.61 bits per heavy atom. The van der Waals surface area contributed by atoms with Crippen molar-refractivity contribution in [1.82, 2.24) is 10.2 Å². The summed E-state index contributed by atoms with van der Waals surface area (Å²) in [7, 11) is 3.22. The van der Waals surface area contributed by atoms with E-state index in [9.17, 15) is 9.59 Å². The van der Waals surface area contributed by atoms with E-state index in [0.717, 1.165) is 4.47 Å². The molecule has 1 rings (SSSR count). The predicted octanol–water partition coefficient (Wildman–Crippen LogP) is 1.24. The smallest absolute Gasteiger partial charge is 0.253 e. The quantitative estimate of drug-likeness (QED) is 0.821. The number of benzene rings is 1. The summed E-state index contributed by atoms with van der Waals surface area (Å²) >= 11 is 3.29. The third-order valence-corrected chi connectivity index (χ3v) is 2.92. The molecule has 0 saturated heterocycles. The lowest BCUT2D eigenvalue weighted by Crippen LogP contribution is -2.31. The first-order chi connectivity index (χ1) is 8.43. The van der Waals surface area contributed by atoms with Crippen molar-refractivity contribution in [3.63, 3.8) is 0 Å². The van der Waals surface area contributed by atoms with Crippen molar-refractivity contribution < 1.29 is 9.59 Å². The van der Waals surface area contributed by atoms with Gasteiger partial charge in [-0.3, -0.25) is 9.59 Å². The van der Waals surface area contributed by atoms with Crippen LogP contribution in [0.25, 0.3) is 0 Å². The normalized spacial score (nSPS) is 9.94. The lowest BCUT2D eigenvalue weighted by molar-refractivity contribution is -0.120. The van der Waals surface area contributed by atoms with Crippen molar-refractivity contribution in [1.29, 1.82) is 0 Å². The second-order valence-corrected chi connectivity index (χ2v) is 4.84. The highest BCUT2D eigenvalue weighted by Crippen LogP contribution is 2.18. The highest BCUT2D eigenvalue weighted by molar-refractivity contribution is 9.10. The molecule has 1 aromatic rings. The van der Waals surface area contributed by atoms with Crippen LogP contribution in [0.15, 0.2) is 22.7 Å². The van der Waals surface area contributed by atoms with Gasteiger partial charge in [-0.2, -0.15) is 0 Å². The van der Waals surface area contributed by atoms with Gasteiger partial charge in [0.1, 0.15) is 0 Å². The van der Waals surface area contributed by atoms with Gasteiger partial charge in [0.05, 0.1) is 0 Å². The molecular formula is C12H16BrN3O2. The first-order valence-electron chi connectivity index (χ1n) is 5.46. The number of carbonyl (C=O) groups excluding carboxylic acids is 2. The summed E-state index contributed by atoms with van der Waals surface area (Å²) in [6.45, 7) is 0.366. The van der Waals surface area contributed by atoms with Crippen LogP contribution >= 0.6 is 15.9 Å². The molecular weight excluding hydrogens is 298 g/mol. The Hall–Kier alpha value is -1.56. The second kappa shape index (κ2) is 6.39. The zero-order valence-corrected chi connectivity index (χ0v) is 12.0. The van der Waals surface area contributed by atoms with Gasteiger partial charge in [0.15, 0.2) is 0 Å². The molecule has 0 heterocycles. The van der Waals surface area contributed by atoms with E-state index < -0.39 is 0 Å². The average molecular weight is 314 g/mol. The Labute approximate surface area is 114 Å². The summed E-state index contributed by atoms with van der Waals surface area (Å²) in [6.07, 6.45) is 0.280. The fourth-order valence-electron chi connectivity index (χ4n) is 1.45. The molecule has 0 fully saturated rings. The molecule has 1 aromatic carbocycles. The molecule has 5 nitrogen and oxygen atoms in total. The molecule has 0 saturated carbocycles. The third kappa shape index (κ3) is 4.03. The number of nitrogens with zero attached hydrogens (tertiary/aromatic N) is 1. The van der Waals surface area contributed by atoms with E-state index in [1.54, 1.807) is 32.3 Å². The molecule has 0 aliphatic carbocycles. The van der Waals surface area contributed by atoms with Crippen LogP contribution in [0.4, 0.5) is 5.69 Å². The molecule has 0 aromatic heterocycles. The van der Waals surface area contributed by atoms with Gasteiger partial charge in [-0.05, 0) is 18.2 Å². The van der Waals surface area contributed by atoms with Crippen molar-refractivity contribution in [3.8, 4) is 0 Å². The molecule has 0 atom stereocenters. The monoisotopic (exact) mass is 313 g/mol. The minimum atomic E-state index is -0.160. The van der Waals surface area contributed by atoms with Crippen molar-refractivity contribution in [3.05, 3.63) is 28.2 Å². The molecule has 0 radical (unpaired) electrons. The summed E-state index contributed by atoms with van der Waals surface area (Å²) in [6, 6.07) is 5.04. The number of nitrogens with one attached hydrogen (secondary N) is 1. The molecule has 0 bridgehead atoms. The molecule has 3 N–H and O–H groups in total. The lowest BCUT2D eigenvalue weighted by atomic mass is 10.2. The van der Waals surface area contributed by atoms with Gasteiger partial charge in [-0.1, -0.05) is 15.9 Å². The fourth-order valence-corrected chi connectivity index (χ4v) is 1.96. The van der Waals surface area contributed by atoms with E-state index in [1.807, 2.05) is 0 Å². The number of amides is 2. The number of rotatable bonds is 4. The van der Waals surface area contributed by atoms with Crippen LogP contribution in [0, 0.1) is 0 Å².